The van der Waals surface area contributed by atoms with Crippen LogP contribution in [0.5, 0.6) is 0 Å². The first-order chi connectivity index (χ1) is 14.4. The van der Waals surface area contributed by atoms with Crippen LogP contribution in [0.2, 0.25) is 0 Å². The summed E-state index contributed by atoms with van der Waals surface area (Å²) in [5.41, 5.74) is 0.879. The number of piperidine rings is 1. The minimum Gasteiger partial charge on any atom is -0.349 e. The molecule has 1 saturated carbocycles. The number of hydrogen-bond donors (Lipinski definition) is 1. The Labute approximate surface area is 181 Å². The first-order valence-corrected chi connectivity index (χ1v) is 11.7. The standard InChI is InChI=1S/C22H30FN5OS/c1-14-10-12-27(13-11-14)21-25-26-22(28(21)19-8-9-19)30-16(3)20(29)24-15(2)17-4-6-18(23)7-5-17/h4-7,14-16,19H,8-13H2,1-3H3,(H,24,29)/t15-,16-/m0/s1. The maximum absolute atomic E-state index is 13.1. The summed E-state index contributed by atoms with van der Waals surface area (Å²) in [5.74, 6) is 1.38. The lowest BCUT2D eigenvalue weighted by Crippen LogP contribution is -2.35. The van der Waals surface area contributed by atoms with Gasteiger partial charge in [-0.15, -0.1) is 10.2 Å². The Bertz CT molecular complexity index is 874. The summed E-state index contributed by atoms with van der Waals surface area (Å²) in [6.07, 6.45) is 4.65. The zero-order valence-corrected chi connectivity index (χ0v) is 18.7. The summed E-state index contributed by atoms with van der Waals surface area (Å²) in [5, 5.41) is 12.5. The molecular weight excluding hydrogens is 401 g/mol. The van der Waals surface area contributed by atoms with E-state index in [0.717, 1.165) is 48.5 Å². The Balaban J connectivity index is 1.42. The Morgan fingerprint density at radius 3 is 2.43 bits per heavy atom. The maximum Gasteiger partial charge on any atom is 0.233 e. The zero-order valence-electron chi connectivity index (χ0n) is 17.8. The van der Waals surface area contributed by atoms with E-state index in [4.69, 9.17) is 0 Å². The number of hydrogen-bond acceptors (Lipinski definition) is 5. The van der Waals surface area contributed by atoms with Gasteiger partial charge in [0.05, 0.1) is 11.3 Å². The Morgan fingerprint density at radius 1 is 1.13 bits per heavy atom. The minimum absolute atomic E-state index is 0.0597. The van der Waals surface area contributed by atoms with Crippen molar-refractivity contribution < 1.29 is 9.18 Å². The first-order valence-electron chi connectivity index (χ1n) is 10.8. The fourth-order valence-electron chi connectivity index (χ4n) is 3.80. The van der Waals surface area contributed by atoms with Crippen LogP contribution in [-0.4, -0.2) is 39.0 Å². The van der Waals surface area contributed by atoms with Crippen LogP contribution in [0, 0.1) is 11.7 Å². The van der Waals surface area contributed by atoms with Crippen LogP contribution in [0.3, 0.4) is 0 Å². The second-order valence-corrected chi connectivity index (χ2v) is 9.90. The van der Waals surface area contributed by atoms with Gasteiger partial charge in [-0.05, 0) is 63.1 Å². The number of carbonyl (C=O) groups excluding carboxylic acids is 1. The molecular formula is C22H30FN5OS. The van der Waals surface area contributed by atoms with E-state index in [0.29, 0.717) is 6.04 Å². The van der Waals surface area contributed by atoms with Gasteiger partial charge in [-0.2, -0.15) is 0 Å². The molecule has 2 atom stereocenters. The molecule has 0 radical (unpaired) electrons. The number of anilines is 1. The first kappa shape index (κ1) is 21.2. The molecule has 0 bridgehead atoms. The van der Waals surface area contributed by atoms with Crippen molar-refractivity contribution >= 4 is 23.6 Å². The van der Waals surface area contributed by atoms with Crippen LogP contribution < -0.4 is 10.2 Å². The van der Waals surface area contributed by atoms with Gasteiger partial charge in [0.15, 0.2) is 5.16 Å². The molecule has 4 rings (SSSR count). The molecule has 1 amide bonds. The molecule has 30 heavy (non-hydrogen) atoms. The molecule has 1 N–H and O–H groups in total. The second kappa shape index (κ2) is 8.96. The van der Waals surface area contributed by atoms with Crippen LogP contribution in [0.4, 0.5) is 10.3 Å². The highest BCUT2D eigenvalue weighted by molar-refractivity contribution is 8.00. The predicted octanol–water partition coefficient (Wildman–Crippen LogP) is 4.35. The van der Waals surface area contributed by atoms with Gasteiger partial charge in [0.25, 0.3) is 0 Å². The lowest BCUT2D eigenvalue weighted by molar-refractivity contribution is -0.120. The molecule has 0 spiro atoms. The van der Waals surface area contributed by atoms with Crippen molar-refractivity contribution in [2.45, 2.75) is 68.9 Å². The normalized spacial score (nSPS) is 19.5. The van der Waals surface area contributed by atoms with Crippen molar-refractivity contribution in [1.82, 2.24) is 20.1 Å². The molecule has 162 valence electrons. The van der Waals surface area contributed by atoms with Crippen molar-refractivity contribution in [2.75, 3.05) is 18.0 Å². The van der Waals surface area contributed by atoms with E-state index in [1.807, 2.05) is 13.8 Å². The fraction of sp³-hybridized carbons (Fsp3) is 0.591. The highest BCUT2D eigenvalue weighted by Crippen LogP contribution is 2.42. The Hall–Kier alpha value is -2.09. The summed E-state index contributed by atoms with van der Waals surface area (Å²) in [6, 6.07) is 6.49. The van der Waals surface area contributed by atoms with Crippen LogP contribution in [0.25, 0.3) is 0 Å². The van der Waals surface area contributed by atoms with Crippen LogP contribution in [0.1, 0.15) is 64.1 Å². The highest BCUT2D eigenvalue weighted by atomic mass is 32.2. The van der Waals surface area contributed by atoms with E-state index in [-0.39, 0.29) is 23.0 Å². The summed E-state index contributed by atoms with van der Waals surface area (Å²) >= 11 is 1.46. The van der Waals surface area contributed by atoms with Crippen LogP contribution in [-0.2, 0) is 4.79 Å². The van der Waals surface area contributed by atoms with Crippen molar-refractivity contribution in [2.24, 2.45) is 5.92 Å². The summed E-state index contributed by atoms with van der Waals surface area (Å²) in [6.45, 7) is 8.14. The van der Waals surface area contributed by atoms with E-state index >= 15 is 0 Å². The molecule has 8 heteroatoms. The third-order valence-electron chi connectivity index (χ3n) is 6.01. The monoisotopic (exact) mass is 431 g/mol. The number of benzene rings is 1. The molecule has 0 unspecified atom stereocenters. The van der Waals surface area contributed by atoms with Gasteiger partial charge in [0, 0.05) is 19.1 Å². The maximum atomic E-state index is 13.1. The molecule has 2 aliphatic rings. The number of aromatic nitrogens is 3. The largest absolute Gasteiger partial charge is 0.349 e. The van der Waals surface area contributed by atoms with Gasteiger partial charge < -0.3 is 10.2 Å². The highest BCUT2D eigenvalue weighted by Gasteiger charge is 2.33. The van der Waals surface area contributed by atoms with Crippen LogP contribution >= 0.6 is 11.8 Å². The lowest BCUT2D eigenvalue weighted by Gasteiger charge is -2.31. The smallest absolute Gasteiger partial charge is 0.233 e. The zero-order chi connectivity index (χ0) is 21.3. The summed E-state index contributed by atoms with van der Waals surface area (Å²) < 4.78 is 15.4. The van der Waals surface area contributed by atoms with Gasteiger partial charge in [-0.25, -0.2) is 4.39 Å². The average Bonchev–Trinajstić information content (AvgIpc) is 3.49. The van der Waals surface area contributed by atoms with Crippen molar-refractivity contribution in [3.63, 3.8) is 0 Å². The Morgan fingerprint density at radius 2 is 1.80 bits per heavy atom. The topological polar surface area (TPSA) is 63.1 Å². The number of carbonyl (C=O) groups is 1. The van der Waals surface area contributed by atoms with Gasteiger partial charge in [0.2, 0.25) is 11.9 Å². The third-order valence-corrected chi connectivity index (χ3v) is 7.06. The number of amides is 1. The van der Waals surface area contributed by atoms with E-state index in [1.165, 1.54) is 36.7 Å². The van der Waals surface area contributed by atoms with E-state index in [2.05, 4.69) is 31.9 Å². The molecule has 2 aromatic rings. The average molecular weight is 432 g/mol. The van der Waals surface area contributed by atoms with Gasteiger partial charge in [-0.3, -0.25) is 9.36 Å². The predicted molar refractivity (Wildman–Crippen MR) is 117 cm³/mol. The molecule has 6 nitrogen and oxygen atoms in total. The number of nitrogens with one attached hydrogen (secondary N) is 1. The molecule has 2 heterocycles. The number of halogens is 1. The van der Waals surface area contributed by atoms with Crippen molar-refractivity contribution in [3.05, 3.63) is 35.6 Å². The Kier molecular flexibility index (Phi) is 6.32. The summed E-state index contributed by atoms with van der Waals surface area (Å²) in [7, 11) is 0. The number of rotatable bonds is 7. The SMILES string of the molecule is CC1CCN(c2nnc(S[C@@H](C)C(=O)N[C@@H](C)c3ccc(F)cc3)n2C2CC2)CC1. The molecule has 1 aromatic carbocycles. The van der Waals surface area contributed by atoms with E-state index in [1.54, 1.807) is 12.1 Å². The number of thioether (sulfide) groups is 1. The quantitative estimate of drug-likeness (QED) is 0.661. The second-order valence-electron chi connectivity index (χ2n) is 8.60. The minimum atomic E-state index is -0.302. The molecule has 2 fully saturated rings. The lowest BCUT2D eigenvalue weighted by atomic mass is 10.00. The van der Waals surface area contributed by atoms with Crippen molar-refractivity contribution in [3.8, 4) is 0 Å². The molecule has 1 saturated heterocycles. The third kappa shape index (κ3) is 4.79. The fourth-order valence-corrected chi connectivity index (χ4v) is 4.73. The summed E-state index contributed by atoms with van der Waals surface area (Å²) in [4.78, 5) is 15.1. The van der Waals surface area contributed by atoms with Gasteiger partial charge in [-0.1, -0.05) is 30.8 Å². The van der Waals surface area contributed by atoms with E-state index in [9.17, 15) is 9.18 Å². The molecule has 1 aliphatic heterocycles. The van der Waals surface area contributed by atoms with Gasteiger partial charge in [0.1, 0.15) is 5.82 Å². The van der Waals surface area contributed by atoms with Crippen molar-refractivity contribution in [1.29, 1.82) is 0 Å². The van der Waals surface area contributed by atoms with Gasteiger partial charge >= 0.3 is 0 Å². The van der Waals surface area contributed by atoms with Crippen LogP contribution in [0.15, 0.2) is 29.4 Å². The van der Waals surface area contributed by atoms with E-state index < -0.39 is 0 Å². The molecule has 1 aliphatic carbocycles. The molecule has 1 aromatic heterocycles. The number of nitrogens with zero attached hydrogens (tertiary/aromatic N) is 4.